The number of alkyl halides is 1. The summed E-state index contributed by atoms with van der Waals surface area (Å²) in [5.74, 6) is 0.466. The Balaban J connectivity index is 1.97. The van der Waals surface area contributed by atoms with Gasteiger partial charge in [0.25, 0.3) is 5.91 Å². The summed E-state index contributed by atoms with van der Waals surface area (Å²) in [7, 11) is 0. The Morgan fingerprint density at radius 3 is 2.94 bits per heavy atom. The number of carbonyl (C=O) groups is 1. The first kappa shape index (κ1) is 13.9. The van der Waals surface area contributed by atoms with Crippen LogP contribution in [0, 0.1) is 12.8 Å². The maximum Gasteiger partial charge on any atom is 0.252 e. The van der Waals surface area contributed by atoms with E-state index in [-0.39, 0.29) is 5.91 Å². The van der Waals surface area contributed by atoms with E-state index in [0.717, 1.165) is 12.1 Å². The summed E-state index contributed by atoms with van der Waals surface area (Å²) in [6, 6.07) is 5.54. The summed E-state index contributed by atoms with van der Waals surface area (Å²) >= 11 is 9.80. The maximum atomic E-state index is 12.1. The van der Waals surface area contributed by atoms with Crippen molar-refractivity contribution in [2.75, 3.05) is 6.54 Å². The summed E-state index contributed by atoms with van der Waals surface area (Å²) < 4.78 is 0. The van der Waals surface area contributed by atoms with E-state index >= 15 is 0 Å². The van der Waals surface area contributed by atoms with Gasteiger partial charge in [-0.1, -0.05) is 46.1 Å². The normalized spacial score (nSPS) is 23.1. The van der Waals surface area contributed by atoms with Crippen molar-refractivity contribution in [3.63, 3.8) is 0 Å². The van der Waals surface area contributed by atoms with Crippen molar-refractivity contribution in [2.45, 2.75) is 31.0 Å². The van der Waals surface area contributed by atoms with Crippen molar-refractivity contribution >= 4 is 33.4 Å². The molecule has 2 unspecified atom stereocenters. The number of hydrogen-bond acceptors (Lipinski definition) is 1. The number of aryl methyl sites for hydroxylation is 1. The fourth-order valence-electron chi connectivity index (χ4n) is 2.36. The number of rotatable bonds is 3. The van der Waals surface area contributed by atoms with Gasteiger partial charge in [-0.2, -0.15) is 0 Å². The molecule has 18 heavy (non-hydrogen) atoms. The lowest BCUT2D eigenvalue weighted by Gasteiger charge is -2.15. The Morgan fingerprint density at radius 1 is 1.50 bits per heavy atom. The predicted octanol–water partition coefficient (Wildman–Crippen LogP) is 3.94. The predicted molar refractivity (Wildman–Crippen MR) is 78.6 cm³/mol. The van der Waals surface area contributed by atoms with Crippen molar-refractivity contribution < 1.29 is 4.79 Å². The lowest BCUT2D eigenvalue weighted by molar-refractivity contribution is 0.0948. The lowest BCUT2D eigenvalue weighted by Crippen LogP contribution is -2.31. The first-order valence-corrected chi connectivity index (χ1v) is 7.56. The van der Waals surface area contributed by atoms with E-state index in [1.807, 2.05) is 19.1 Å². The maximum absolute atomic E-state index is 12.1. The number of hydrogen-bond donors (Lipinski definition) is 1. The van der Waals surface area contributed by atoms with Gasteiger partial charge >= 0.3 is 0 Å². The Morgan fingerprint density at radius 2 is 2.28 bits per heavy atom. The second-order valence-electron chi connectivity index (χ2n) is 4.85. The van der Waals surface area contributed by atoms with Crippen LogP contribution in [-0.2, 0) is 0 Å². The Bertz CT molecular complexity index is 449. The molecule has 0 radical (unpaired) electrons. The standard InChI is InChI=1S/C14H17BrClNO/c1-9-4-2-6-11(13(9)16)14(18)17-8-10-5-3-7-12(10)15/h2,4,6,10,12H,3,5,7-8H2,1H3,(H,17,18). The molecule has 2 rings (SSSR count). The molecular weight excluding hydrogens is 314 g/mol. The summed E-state index contributed by atoms with van der Waals surface area (Å²) in [5.41, 5.74) is 1.50. The molecule has 2 nitrogen and oxygen atoms in total. The molecule has 0 aromatic heterocycles. The fraction of sp³-hybridized carbons (Fsp3) is 0.500. The van der Waals surface area contributed by atoms with Crippen molar-refractivity contribution in [1.29, 1.82) is 0 Å². The molecule has 1 saturated carbocycles. The topological polar surface area (TPSA) is 29.1 Å². The second kappa shape index (κ2) is 6.07. The molecule has 1 fully saturated rings. The van der Waals surface area contributed by atoms with Crippen LogP contribution >= 0.6 is 27.5 Å². The highest BCUT2D eigenvalue weighted by molar-refractivity contribution is 9.09. The molecule has 0 heterocycles. The van der Waals surface area contributed by atoms with Crippen LogP contribution in [0.3, 0.4) is 0 Å². The van der Waals surface area contributed by atoms with E-state index in [4.69, 9.17) is 11.6 Å². The van der Waals surface area contributed by atoms with Gasteiger partial charge in [0, 0.05) is 11.4 Å². The molecule has 0 bridgehead atoms. The van der Waals surface area contributed by atoms with Gasteiger partial charge in [-0.25, -0.2) is 0 Å². The number of amides is 1. The zero-order valence-electron chi connectivity index (χ0n) is 10.4. The molecule has 1 aromatic rings. The van der Waals surface area contributed by atoms with Crippen LogP contribution in [0.15, 0.2) is 18.2 Å². The molecule has 1 N–H and O–H groups in total. The number of benzene rings is 1. The van der Waals surface area contributed by atoms with Gasteiger partial charge < -0.3 is 5.32 Å². The van der Waals surface area contributed by atoms with Crippen LogP contribution in [0.5, 0.6) is 0 Å². The van der Waals surface area contributed by atoms with E-state index in [1.165, 1.54) is 19.3 Å². The summed E-state index contributed by atoms with van der Waals surface area (Å²) in [4.78, 5) is 12.6. The average molecular weight is 331 g/mol. The number of carbonyl (C=O) groups excluding carboxylic acids is 1. The number of nitrogens with one attached hydrogen (secondary N) is 1. The third kappa shape index (κ3) is 3.07. The molecule has 1 aromatic carbocycles. The largest absolute Gasteiger partial charge is 0.352 e. The molecule has 2 atom stereocenters. The van der Waals surface area contributed by atoms with Gasteiger partial charge in [0.2, 0.25) is 0 Å². The van der Waals surface area contributed by atoms with E-state index in [2.05, 4.69) is 21.2 Å². The first-order valence-electron chi connectivity index (χ1n) is 6.27. The van der Waals surface area contributed by atoms with Crippen molar-refractivity contribution in [3.8, 4) is 0 Å². The van der Waals surface area contributed by atoms with Crippen molar-refractivity contribution in [2.24, 2.45) is 5.92 Å². The molecule has 1 amide bonds. The minimum Gasteiger partial charge on any atom is -0.352 e. The Kier molecular flexibility index (Phi) is 4.68. The molecular formula is C14H17BrClNO. The minimum atomic E-state index is -0.0738. The van der Waals surface area contributed by atoms with Crippen molar-refractivity contribution in [3.05, 3.63) is 34.3 Å². The Labute approximate surface area is 121 Å². The zero-order chi connectivity index (χ0) is 13.1. The number of halogens is 2. The SMILES string of the molecule is Cc1cccc(C(=O)NCC2CCCC2Br)c1Cl. The lowest BCUT2D eigenvalue weighted by atomic mass is 10.1. The average Bonchev–Trinajstić information content (AvgIpc) is 2.75. The zero-order valence-corrected chi connectivity index (χ0v) is 12.7. The van der Waals surface area contributed by atoms with Crippen LogP contribution in [0.25, 0.3) is 0 Å². The van der Waals surface area contributed by atoms with Gasteiger partial charge in [-0.15, -0.1) is 0 Å². The highest BCUT2D eigenvalue weighted by Gasteiger charge is 2.25. The third-order valence-corrected chi connectivity index (χ3v) is 5.23. The van der Waals surface area contributed by atoms with Gasteiger partial charge in [-0.05, 0) is 37.3 Å². The van der Waals surface area contributed by atoms with Crippen LogP contribution in [0.1, 0.15) is 35.2 Å². The molecule has 1 aliphatic carbocycles. The quantitative estimate of drug-likeness (QED) is 0.836. The second-order valence-corrected chi connectivity index (χ2v) is 6.41. The van der Waals surface area contributed by atoms with E-state index < -0.39 is 0 Å². The smallest absolute Gasteiger partial charge is 0.252 e. The van der Waals surface area contributed by atoms with Crippen LogP contribution in [0.4, 0.5) is 0 Å². The van der Waals surface area contributed by atoms with Crippen LogP contribution in [-0.4, -0.2) is 17.3 Å². The summed E-state index contributed by atoms with van der Waals surface area (Å²) in [6.07, 6.45) is 3.62. The van der Waals surface area contributed by atoms with E-state index in [9.17, 15) is 4.79 Å². The van der Waals surface area contributed by atoms with Crippen LogP contribution in [0.2, 0.25) is 5.02 Å². The first-order chi connectivity index (χ1) is 8.59. The van der Waals surface area contributed by atoms with Crippen molar-refractivity contribution in [1.82, 2.24) is 5.32 Å². The van der Waals surface area contributed by atoms with Gasteiger partial charge in [0.1, 0.15) is 0 Å². The summed E-state index contributed by atoms with van der Waals surface area (Å²) in [5, 5.41) is 3.54. The molecule has 0 spiro atoms. The van der Waals surface area contributed by atoms with E-state index in [1.54, 1.807) is 6.07 Å². The molecule has 1 aliphatic rings. The van der Waals surface area contributed by atoms with Gasteiger partial charge in [0.05, 0.1) is 10.6 Å². The monoisotopic (exact) mass is 329 g/mol. The van der Waals surface area contributed by atoms with E-state index in [0.29, 0.717) is 21.3 Å². The summed E-state index contributed by atoms with van der Waals surface area (Å²) in [6.45, 7) is 2.63. The van der Waals surface area contributed by atoms with Gasteiger partial charge in [-0.3, -0.25) is 4.79 Å². The fourth-order valence-corrected chi connectivity index (χ4v) is 3.35. The molecule has 0 aliphatic heterocycles. The third-order valence-electron chi connectivity index (χ3n) is 3.53. The molecule has 4 heteroatoms. The highest BCUT2D eigenvalue weighted by Crippen LogP contribution is 2.31. The minimum absolute atomic E-state index is 0.0738. The molecule has 98 valence electrons. The van der Waals surface area contributed by atoms with Crippen LogP contribution < -0.4 is 5.32 Å². The Hall–Kier alpha value is -0.540. The highest BCUT2D eigenvalue weighted by atomic mass is 79.9. The van der Waals surface area contributed by atoms with Gasteiger partial charge in [0.15, 0.2) is 0 Å². The molecule has 0 saturated heterocycles.